The number of unbranched alkanes of at least 4 members (excludes halogenated alkanes) is 54. The van der Waals surface area contributed by atoms with Crippen molar-refractivity contribution in [1.29, 1.82) is 0 Å². The molecular formula is C118H178O6. The summed E-state index contributed by atoms with van der Waals surface area (Å²) in [5.74, 6) is 4.80. The fourth-order valence-electron chi connectivity index (χ4n) is 17.4. The molecule has 0 saturated heterocycles. The van der Waals surface area contributed by atoms with Crippen LogP contribution in [-0.4, -0.2) is 39.6 Å². The van der Waals surface area contributed by atoms with E-state index in [1.807, 2.05) is 0 Å². The molecule has 0 aromatic heterocycles. The SMILES string of the molecule is CCCCCCCCCCCCOc1cc(/C=C/c2ccc(/C=C/c3c4ccccc4c(/C=C/c4ccc(/C=C/c5cc(OCCCCCCCCCCCC)c(OCCCCCCCCCCCC)c(OCCCCCCCCCCCC)c5)cc4)c4ccccc34)cc2)cc(OCCCCCCCCCCCC)c1OCCCCCCCCCCCC. The van der Waals surface area contributed by atoms with Crippen LogP contribution in [0.15, 0.2) is 121 Å². The lowest BCUT2D eigenvalue weighted by molar-refractivity contribution is 0.234. The van der Waals surface area contributed by atoms with Gasteiger partial charge in [-0.05, 0) is 129 Å². The first-order valence-electron chi connectivity index (χ1n) is 52.4. The Labute approximate surface area is 760 Å². The molecule has 0 spiro atoms. The number of benzene rings is 7. The Morgan fingerprint density at radius 1 is 0.161 bits per heavy atom. The van der Waals surface area contributed by atoms with Gasteiger partial charge < -0.3 is 28.4 Å². The highest BCUT2D eigenvalue weighted by Gasteiger charge is 2.19. The van der Waals surface area contributed by atoms with Gasteiger partial charge in [0.15, 0.2) is 23.0 Å². The number of rotatable bonds is 80. The van der Waals surface area contributed by atoms with Crippen molar-refractivity contribution < 1.29 is 28.4 Å². The zero-order valence-electron chi connectivity index (χ0n) is 80.3. The van der Waals surface area contributed by atoms with Crippen molar-refractivity contribution in [1.82, 2.24) is 0 Å². The van der Waals surface area contributed by atoms with Gasteiger partial charge in [0.05, 0.1) is 39.6 Å². The topological polar surface area (TPSA) is 55.4 Å². The standard InChI is InChI=1S/C118H178O6/c1-7-13-19-25-31-37-43-49-55-65-91-119-113-97-105(98-114(120-92-66-56-50-44-38-32-26-20-14-8-2)117(113)123-95-69-59-53-47-41-35-29-23-17-11-5)85-83-101-75-79-103(80-76-101)87-89-111-107-71-61-63-73-109(107)112(110-74-64-62-72-108(110)111)90-88-104-81-77-102(78-82-104)84-86-106-99-115(121-93-67-57-51-45-39-33-27-21-15-9-3)118(124-96-70-60-54-48-42-36-30-24-18-12-6)116(100-106)122-94-68-58-52-46-40-34-28-22-16-10-4/h61-64,71-90,97-100H,7-60,65-70,91-96H2,1-6H3/b85-83+,86-84+,89-87+,90-88+. The highest BCUT2D eigenvalue weighted by atomic mass is 16.5. The fraction of sp³-hybridized carbons (Fsp3) is 0.610. The smallest absolute Gasteiger partial charge is 0.203 e. The maximum absolute atomic E-state index is 6.80. The van der Waals surface area contributed by atoms with Crippen molar-refractivity contribution in [3.8, 4) is 34.5 Å². The Hall–Kier alpha value is -7.18. The maximum Gasteiger partial charge on any atom is 0.203 e. The highest BCUT2D eigenvalue weighted by Crippen LogP contribution is 2.43. The Bertz CT molecular complexity index is 3490. The minimum Gasteiger partial charge on any atom is -0.490 e. The second-order valence-corrected chi connectivity index (χ2v) is 36.5. The van der Waals surface area contributed by atoms with E-state index in [0.29, 0.717) is 39.6 Å². The van der Waals surface area contributed by atoms with Gasteiger partial charge >= 0.3 is 0 Å². The third-order valence-corrected chi connectivity index (χ3v) is 25.3. The lowest BCUT2D eigenvalue weighted by atomic mass is 9.90. The van der Waals surface area contributed by atoms with E-state index in [4.69, 9.17) is 28.4 Å². The average Bonchev–Trinajstić information content (AvgIpc) is 0.753. The minimum atomic E-state index is 0.670. The zero-order valence-corrected chi connectivity index (χ0v) is 80.3. The molecular weight excluding hydrogens is 1510 g/mol. The molecule has 0 unspecified atom stereocenters. The van der Waals surface area contributed by atoms with Crippen molar-refractivity contribution in [2.75, 3.05) is 39.6 Å². The first kappa shape index (κ1) is 104. The second-order valence-electron chi connectivity index (χ2n) is 36.5. The van der Waals surface area contributed by atoms with Crippen molar-refractivity contribution >= 4 is 70.2 Å². The van der Waals surface area contributed by atoms with Crippen LogP contribution in [0.3, 0.4) is 0 Å². The predicted molar refractivity (Wildman–Crippen MR) is 547 cm³/mol. The van der Waals surface area contributed by atoms with E-state index >= 15 is 0 Å². The van der Waals surface area contributed by atoms with Crippen LogP contribution < -0.4 is 28.4 Å². The lowest BCUT2D eigenvalue weighted by Gasteiger charge is -2.18. The van der Waals surface area contributed by atoms with Gasteiger partial charge in [-0.2, -0.15) is 0 Å². The normalized spacial score (nSPS) is 11.9. The molecule has 0 aliphatic heterocycles. The summed E-state index contributed by atoms with van der Waals surface area (Å²) in [6, 6.07) is 44.6. The Balaban J connectivity index is 1.06. The van der Waals surface area contributed by atoms with Crippen LogP contribution in [0.5, 0.6) is 34.5 Å². The molecule has 0 aliphatic rings. The summed E-state index contributed by atoms with van der Waals surface area (Å²) < 4.78 is 40.8. The largest absolute Gasteiger partial charge is 0.490 e. The molecule has 6 nitrogen and oxygen atoms in total. The van der Waals surface area contributed by atoms with Crippen LogP contribution in [0.2, 0.25) is 0 Å². The lowest BCUT2D eigenvalue weighted by Crippen LogP contribution is -2.07. The van der Waals surface area contributed by atoms with E-state index in [1.165, 1.54) is 379 Å². The van der Waals surface area contributed by atoms with Gasteiger partial charge in [0.2, 0.25) is 11.5 Å². The average molecular weight is 1690 g/mol. The summed E-state index contributed by atoms with van der Waals surface area (Å²) in [5, 5.41) is 4.94. The van der Waals surface area contributed by atoms with Crippen LogP contribution in [0.4, 0.5) is 0 Å². The number of hydrogen-bond acceptors (Lipinski definition) is 6. The second kappa shape index (κ2) is 70.8. The van der Waals surface area contributed by atoms with Gasteiger partial charge in [-0.25, -0.2) is 0 Å². The van der Waals surface area contributed by atoms with E-state index in [1.54, 1.807) is 0 Å². The third-order valence-electron chi connectivity index (χ3n) is 25.3. The van der Waals surface area contributed by atoms with E-state index in [0.717, 1.165) is 106 Å². The molecule has 7 aromatic rings. The fourth-order valence-corrected chi connectivity index (χ4v) is 17.4. The molecule has 0 fully saturated rings. The Morgan fingerprint density at radius 2 is 0.315 bits per heavy atom. The van der Waals surface area contributed by atoms with Gasteiger partial charge in [0.1, 0.15) is 0 Å². The zero-order chi connectivity index (χ0) is 87.1. The van der Waals surface area contributed by atoms with Gasteiger partial charge in [0.25, 0.3) is 0 Å². The number of fused-ring (bicyclic) bond motifs is 2. The molecule has 0 bridgehead atoms. The summed E-state index contributed by atoms with van der Waals surface area (Å²) in [6.45, 7) is 17.9. The van der Waals surface area contributed by atoms with Crippen molar-refractivity contribution in [3.63, 3.8) is 0 Å². The first-order chi connectivity index (χ1) is 61.5. The van der Waals surface area contributed by atoms with Crippen molar-refractivity contribution in [2.45, 2.75) is 427 Å². The maximum atomic E-state index is 6.80. The molecule has 0 aliphatic carbocycles. The Kier molecular flexibility index (Phi) is 59.3. The number of hydrogen-bond donors (Lipinski definition) is 0. The van der Waals surface area contributed by atoms with Crippen LogP contribution in [0, 0.1) is 0 Å². The Morgan fingerprint density at radius 3 is 0.500 bits per heavy atom. The summed E-state index contributed by atoms with van der Waals surface area (Å²) in [7, 11) is 0. The highest BCUT2D eigenvalue weighted by molar-refractivity contribution is 6.14. The third kappa shape index (κ3) is 45.5. The summed E-state index contributed by atoms with van der Waals surface area (Å²) in [4.78, 5) is 0. The molecule has 7 aromatic carbocycles. The molecule has 7 rings (SSSR count). The summed E-state index contributed by atoms with van der Waals surface area (Å²) in [6.07, 6.45) is 95.8. The molecule has 0 amide bonds. The van der Waals surface area contributed by atoms with Gasteiger partial charge in [0, 0.05) is 0 Å². The van der Waals surface area contributed by atoms with Crippen LogP contribution in [0.1, 0.15) is 471 Å². The van der Waals surface area contributed by atoms with Crippen LogP contribution in [-0.2, 0) is 0 Å². The monoisotopic (exact) mass is 1690 g/mol. The molecule has 0 N–H and O–H groups in total. The van der Waals surface area contributed by atoms with Crippen LogP contribution >= 0.6 is 0 Å². The van der Waals surface area contributed by atoms with Gasteiger partial charge in [-0.1, -0.05) is 534 Å². The first-order valence-corrected chi connectivity index (χ1v) is 52.4. The van der Waals surface area contributed by atoms with Crippen molar-refractivity contribution in [3.05, 3.63) is 166 Å². The summed E-state index contributed by atoms with van der Waals surface area (Å²) in [5.41, 5.74) is 9.16. The van der Waals surface area contributed by atoms with Gasteiger partial charge in [-0.15, -0.1) is 0 Å². The quantitative estimate of drug-likeness (QED) is 0.0215. The van der Waals surface area contributed by atoms with E-state index < -0.39 is 0 Å². The molecule has 124 heavy (non-hydrogen) atoms. The predicted octanol–water partition coefficient (Wildman–Crippen LogP) is 38.5. The molecule has 0 atom stereocenters. The molecule has 686 valence electrons. The van der Waals surface area contributed by atoms with Gasteiger partial charge in [-0.3, -0.25) is 0 Å². The van der Waals surface area contributed by atoms with Crippen LogP contribution in [0.25, 0.3) is 70.2 Å². The summed E-state index contributed by atoms with van der Waals surface area (Å²) >= 11 is 0. The number of ether oxygens (including phenoxy) is 6. The molecule has 0 saturated carbocycles. The van der Waals surface area contributed by atoms with Crippen molar-refractivity contribution in [2.24, 2.45) is 0 Å². The van der Waals surface area contributed by atoms with E-state index in [9.17, 15) is 0 Å². The minimum absolute atomic E-state index is 0.670. The molecule has 6 heteroatoms. The molecule has 0 heterocycles. The van der Waals surface area contributed by atoms with E-state index in [2.05, 4.69) is 211 Å². The molecule has 0 radical (unpaired) electrons. The van der Waals surface area contributed by atoms with E-state index in [-0.39, 0.29) is 0 Å².